The molecule has 0 spiro atoms. The smallest absolute Gasteiger partial charge is 0.243 e. The monoisotopic (exact) mass is 419 g/mol. The Morgan fingerprint density at radius 2 is 1.86 bits per heavy atom. The third-order valence-corrected chi connectivity index (χ3v) is 8.39. The quantitative estimate of drug-likeness (QED) is 0.780. The third-order valence-electron chi connectivity index (χ3n) is 5.42. The van der Waals surface area contributed by atoms with Crippen molar-refractivity contribution in [1.82, 2.24) is 14.6 Å². The Kier molecular flexibility index (Phi) is 5.53. The van der Waals surface area contributed by atoms with E-state index in [1.54, 1.807) is 27.8 Å². The molecule has 28 heavy (non-hydrogen) atoms. The SMILES string of the molecule is Cc1ccc(S(=O)(=O)N2CCC(c3nc(CNC(=O)C4CC4)cs3)CC2)cc1. The van der Waals surface area contributed by atoms with Crippen molar-refractivity contribution in [2.45, 2.75) is 50.0 Å². The molecule has 150 valence electrons. The molecule has 1 aliphatic carbocycles. The van der Waals surface area contributed by atoms with Crippen LogP contribution in [-0.4, -0.2) is 36.7 Å². The fourth-order valence-electron chi connectivity index (χ4n) is 3.46. The van der Waals surface area contributed by atoms with Gasteiger partial charge in [0.2, 0.25) is 15.9 Å². The van der Waals surface area contributed by atoms with Crippen molar-refractivity contribution in [3.63, 3.8) is 0 Å². The Morgan fingerprint density at radius 1 is 1.18 bits per heavy atom. The minimum Gasteiger partial charge on any atom is -0.350 e. The highest BCUT2D eigenvalue weighted by atomic mass is 32.2. The average molecular weight is 420 g/mol. The van der Waals surface area contributed by atoms with Gasteiger partial charge in [-0.1, -0.05) is 17.7 Å². The summed E-state index contributed by atoms with van der Waals surface area (Å²) in [6.45, 7) is 3.44. The molecule has 1 N–H and O–H groups in total. The van der Waals surface area contributed by atoms with E-state index in [1.807, 2.05) is 24.4 Å². The first-order valence-corrected chi connectivity index (χ1v) is 12.0. The van der Waals surface area contributed by atoms with Gasteiger partial charge in [-0.25, -0.2) is 13.4 Å². The van der Waals surface area contributed by atoms with Crippen LogP contribution in [0.2, 0.25) is 0 Å². The first kappa shape index (κ1) is 19.5. The molecule has 1 aliphatic heterocycles. The van der Waals surface area contributed by atoms with Crippen LogP contribution >= 0.6 is 11.3 Å². The van der Waals surface area contributed by atoms with Crippen LogP contribution in [-0.2, 0) is 21.4 Å². The van der Waals surface area contributed by atoms with Gasteiger partial charge < -0.3 is 5.32 Å². The fourth-order valence-corrected chi connectivity index (χ4v) is 5.92. The molecule has 2 aliphatic rings. The van der Waals surface area contributed by atoms with E-state index in [1.165, 1.54) is 0 Å². The molecule has 1 aromatic heterocycles. The highest BCUT2D eigenvalue weighted by Gasteiger charge is 2.31. The van der Waals surface area contributed by atoms with Crippen molar-refractivity contribution in [2.75, 3.05) is 13.1 Å². The summed E-state index contributed by atoms with van der Waals surface area (Å²) >= 11 is 1.61. The van der Waals surface area contributed by atoms with Crippen molar-refractivity contribution >= 4 is 27.3 Å². The van der Waals surface area contributed by atoms with Gasteiger partial charge in [-0.2, -0.15) is 4.31 Å². The van der Waals surface area contributed by atoms with Crippen LogP contribution in [0, 0.1) is 12.8 Å². The van der Waals surface area contributed by atoms with Gasteiger partial charge in [-0.05, 0) is 44.7 Å². The third kappa shape index (κ3) is 4.29. The number of aromatic nitrogens is 1. The zero-order valence-corrected chi connectivity index (χ0v) is 17.6. The van der Waals surface area contributed by atoms with E-state index in [9.17, 15) is 13.2 Å². The number of carbonyl (C=O) groups is 1. The number of amides is 1. The second-order valence-corrected chi connectivity index (χ2v) is 10.5. The first-order valence-electron chi connectivity index (χ1n) is 9.72. The zero-order valence-electron chi connectivity index (χ0n) is 15.9. The van der Waals surface area contributed by atoms with Crippen molar-refractivity contribution in [1.29, 1.82) is 0 Å². The lowest BCUT2D eigenvalue weighted by atomic mass is 9.99. The lowest BCUT2D eigenvalue weighted by Gasteiger charge is -2.30. The number of aryl methyl sites for hydroxylation is 1. The summed E-state index contributed by atoms with van der Waals surface area (Å²) in [6.07, 6.45) is 3.54. The van der Waals surface area contributed by atoms with E-state index in [4.69, 9.17) is 0 Å². The van der Waals surface area contributed by atoms with Crippen LogP contribution in [0.5, 0.6) is 0 Å². The Labute approximate surface area is 170 Å². The number of sulfonamides is 1. The van der Waals surface area contributed by atoms with Crippen molar-refractivity contribution in [3.05, 3.63) is 45.9 Å². The van der Waals surface area contributed by atoms with E-state index in [0.717, 1.165) is 41.9 Å². The van der Waals surface area contributed by atoms with Crippen molar-refractivity contribution in [3.8, 4) is 0 Å². The second-order valence-electron chi connectivity index (χ2n) is 7.66. The number of piperidine rings is 1. The highest BCUT2D eigenvalue weighted by Crippen LogP contribution is 2.33. The molecular weight excluding hydrogens is 394 g/mol. The van der Waals surface area contributed by atoms with Gasteiger partial charge >= 0.3 is 0 Å². The molecule has 2 fully saturated rings. The standard InChI is InChI=1S/C20H25N3O3S2/c1-14-2-6-18(7-3-14)28(25,26)23-10-8-16(9-11-23)20-22-17(13-27-20)12-21-19(24)15-4-5-15/h2-3,6-7,13,15-16H,4-5,8-12H2,1H3,(H,21,24). The molecular formula is C20H25N3O3S2. The number of nitrogens with one attached hydrogen (secondary N) is 1. The minimum atomic E-state index is -3.43. The lowest BCUT2D eigenvalue weighted by molar-refractivity contribution is -0.122. The molecule has 4 rings (SSSR count). The summed E-state index contributed by atoms with van der Waals surface area (Å²) < 4.78 is 27.2. The number of carbonyl (C=O) groups excluding carboxylic acids is 1. The molecule has 2 aromatic rings. The summed E-state index contributed by atoms with van der Waals surface area (Å²) in [7, 11) is -3.43. The summed E-state index contributed by atoms with van der Waals surface area (Å²) in [4.78, 5) is 16.8. The van der Waals surface area contributed by atoms with Crippen LogP contribution in [0.3, 0.4) is 0 Å². The molecule has 1 saturated carbocycles. The van der Waals surface area contributed by atoms with E-state index >= 15 is 0 Å². The number of rotatable bonds is 6. The normalized spacial score (nSPS) is 18.9. The van der Waals surface area contributed by atoms with E-state index in [-0.39, 0.29) is 17.7 Å². The van der Waals surface area contributed by atoms with Crippen molar-refractivity contribution in [2.24, 2.45) is 5.92 Å². The van der Waals surface area contributed by atoms with Gasteiger partial charge in [0.15, 0.2) is 0 Å². The molecule has 0 unspecified atom stereocenters. The highest BCUT2D eigenvalue weighted by molar-refractivity contribution is 7.89. The number of hydrogen-bond acceptors (Lipinski definition) is 5. The average Bonchev–Trinajstić information content (AvgIpc) is 3.45. The predicted molar refractivity (Wildman–Crippen MR) is 109 cm³/mol. The molecule has 0 bridgehead atoms. The molecule has 1 saturated heterocycles. The maximum Gasteiger partial charge on any atom is 0.243 e. The molecule has 6 nitrogen and oxygen atoms in total. The molecule has 1 aromatic carbocycles. The van der Waals surface area contributed by atoms with Crippen LogP contribution in [0.1, 0.15) is 47.9 Å². The van der Waals surface area contributed by atoms with Gasteiger partial charge in [0.25, 0.3) is 0 Å². The Hall–Kier alpha value is -1.77. The summed E-state index contributed by atoms with van der Waals surface area (Å²) in [5.41, 5.74) is 1.94. The second kappa shape index (κ2) is 7.93. The Morgan fingerprint density at radius 3 is 2.50 bits per heavy atom. The minimum absolute atomic E-state index is 0.129. The van der Waals surface area contributed by atoms with Gasteiger partial charge in [0.05, 0.1) is 22.1 Å². The maximum atomic E-state index is 12.8. The van der Waals surface area contributed by atoms with Crippen molar-refractivity contribution < 1.29 is 13.2 Å². The summed E-state index contributed by atoms with van der Waals surface area (Å²) in [6, 6.07) is 7.02. The van der Waals surface area contributed by atoms with E-state index in [2.05, 4.69) is 10.3 Å². The van der Waals surface area contributed by atoms with E-state index < -0.39 is 10.0 Å². The molecule has 0 radical (unpaired) electrons. The number of hydrogen-bond donors (Lipinski definition) is 1. The van der Waals surface area contributed by atoms with Gasteiger partial charge in [-0.15, -0.1) is 11.3 Å². The number of benzene rings is 1. The summed E-state index contributed by atoms with van der Waals surface area (Å²) in [5, 5.41) is 5.99. The first-order chi connectivity index (χ1) is 13.4. The zero-order chi connectivity index (χ0) is 19.7. The summed E-state index contributed by atoms with van der Waals surface area (Å²) in [5.74, 6) is 0.615. The van der Waals surface area contributed by atoms with E-state index in [0.29, 0.717) is 24.5 Å². The molecule has 0 atom stereocenters. The van der Waals surface area contributed by atoms with Gasteiger partial charge in [0.1, 0.15) is 0 Å². The number of thiazole rings is 1. The van der Waals surface area contributed by atoms with Gasteiger partial charge in [0, 0.05) is 30.3 Å². The fraction of sp³-hybridized carbons (Fsp3) is 0.500. The molecule has 2 heterocycles. The largest absolute Gasteiger partial charge is 0.350 e. The number of nitrogens with zero attached hydrogens (tertiary/aromatic N) is 2. The van der Waals surface area contributed by atoms with Crippen LogP contribution in [0.25, 0.3) is 0 Å². The topological polar surface area (TPSA) is 79.4 Å². The lowest BCUT2D eigenvalue weighted by Crippen LogP contribution is -2.37. The maximum absolute atomic E-state index is 12.8. The molecule has 8 heteroatoms. The van der Waals surface area contributed by atoms with Gasteiger partial charge in [-0.3, -0.25) is 4.79 Å². The Balaban J connectivity index is 1.33. The van der Waals surface area contributed by atoms with Crippen LogP contribution < -0.4 is 5.32 Å². The van der Waals surface area contributed by atoms with Crippen LogP contribution in [0.15, 0.2) is 34.5 Å². The molecule has 1 amide bonds. The van der Waals surface area contributed by atoms with Crippen LogP contribution in [0.4, 0.5) is 0 Å². The Bertz CT molecular complexity index is 941. The predicted octanol–water partition coefficient (Wildman–Crippen LogP) is 3.05.